The molecule has 1 aliphatic carbocycles. The normalized spacial score (nSPS) is 14.4. The Morgan fingerprint density at radius 2 is 1.59 bits per heavy atom. The van der Waals surface area contributed by atoms with Gasteiger partial charge in [0.25, 0.3) is 0 Å². The molecule has 4 rings (SSSR count). The molecule has 41 heavy (non-hydrogen) atoms. The minimum atomic E-state index is -3.88. The van der Waals surface area contributed by atoms with Gasteiger partial charge in [0.1, 0.15) is 12.6 Å². The van der Waals surface area contributed by atoms with Gasteiger partial charge in [-0.15, -0.1) is 0 Å². The van der Waals surface area contributed by atoms with Crippen molar-refractivity contribution in [3.63, 3.8) is 0 Å². The third-order valence-electron chi connectivity index (χ3n) is 7.43. The summed E-state index contributed by atoms with van der Waals surface area (Å²) in [7, 11) is -3.88. The van der Waals surface area contributed by atoms with Crippen LogP contribution in [0, 0.1) is 6.92 Å². The molecule has 0 radical (unpaired) electrons. The van der Waals surface area contributed by atoms with Crippen LogP contribution >= 0.6 is 23.2 Å². The third-order valence-corrected chi connectivity index (χ3v) is 9.21. The lowest BCUT2D eigenvalue weighted by atomic mass is 10.0. The molecule has 3 aromatic rings. The summed E-state index contributed by atoms with van der Waals surface area (Å²) in [5.41, 5.74) is 2.50. The first-order valence-corrected chi connectivity index (χ1v) is 16.2. The maximum absolute atomic E-state index is 14.2. The van der Waals surface area contributed by atoms with Gasteiger partial charge in [-0.1, -0.05) is 84.6 Å². The quantitative estimate of drug-likeness (QED) is 0.297. The SMILES string of the molecule is Cc1c(Cl)cccc1N(CC(=O)N(Cc1ccc(Cl)cc1)C(Cc1ccccc1)C(=O)NC1CCCC1)S(C)(=O)=O. The average Bonchev–Trinajstić information content (AvgIpc) is 3.45. The predicted molar refractivity (Wildman–Crippen MR) is 165 cm³/mol. The van der Waals surface area contributed by atoms with E-state index in [-0.39, 0.29) is 24.9 Å². The number of carbonyl (C=O) groups excluding carboxylic acids is 2. The van der Waals surface area contributed by atoms with Crippen LogP contribution in [-0.2, 0) is 32.6 Å². The second-order valence-corrected chi connectivity index (χ2v) is 13.2. The van der Waals surface area contributed by atoms with Gasteiger partial charge >= 0.3 is 0 Å². The number of nitrogens with one attached hydrogen (secondary N) is 1. The maximum atomic E-state index is 14.2. The standard InChI is InChI=1S/C31H35Cl2N3O4S/c1-22-27(33)13-8-14-28(22)36(41(2,39)40)21-30(37)35(20-24-15-17-25(32)18-16-24)29(19-23-9-4-3-5-10-23)31(38)34-26-11-6-7-12-26/h3-5,8-10,13-18,26,29H,6-7,11-12,19-21H2,1-2H3,(H,34,38). The molecule has 1 N–H and O–H groups in total. The molecule has 10 heteroatoms. The fourth-order valence-corrected chi connectivity index (χ4v) is 6.36. The highest BCUT2D eigenvalue weighted by Crippen LogP contribution is 2.29. The minimum absolute atomic E-state index is 0.0508. The number of halogens is 2. The predicted octanol–water partition coefficient (Wildman–Crippen LogP) is 5.77. The van der Waals surface area contributed by atoms with Crippen molar-refractivity contribution in [2.75, 3.05) is 17.1 Å². The van der Waals surface area contributed by atoms with Gasteiger partial charge in [0.15, 0.2) is 0 Å². The Morgan fingerprint density at radius 1 is 0.927 bits per heavy atom. The fraction of sp³-hybridized carbons (Fsp3) is 0.355. The number of hydrogen-bond donors (Lipinski definition) is 1. The Balaban J connectivity index is 1.74. The van der Waals surface area contributed by atoms with E-state index in [2.05, 4.69) is 5.32 Å². The van der Waals surface area contributed by atoms with Crippen molar-refractivity contribution in [1.82, 2.24) is 10.2 Å². The van der Waals surface area contributed by atoms with Gasteiger partial charge in [0.05, 0.1) is 11.9 Å². The van der Waals surface area contributed by atoms with Crippen molar-refractivity contribution in [3.05, 3.63) is 99.5 Å². The highest BCUT2D eigenvalue weighted by Gasteiger charge is 2.34. The number of benzene rings is 3. The lowest BCUT2D eigenvalue weighted by Crippen LogP contribution is -2.54. The van der Waals surface area contributed by atoms with E-state index < -0.39 is 28.5 Å². The number of nitrogens with zero attached hydrogens (tertiary/aromatic N) is 2. The molecule has 0 aliphatic heterocycles. The summed E-state index contributed by atoms with van der Waals surface area (Å²) < 4.78 is 27.0. The van der Waals surface area contributed by atoms with Crippen LogP contribution in [0.4, 0.5) is 5.69 Å². The van der Waals surface area contributed by atoms with E-state index in [1.165, 1.54) is 4.90 Å². The van der Waals surface area contributed by atoms with Crippen LogP contribution in [0.1, 0.15) is 42.4 Å². The zero-order chi connectivity index (χ0) is 29.6. The van der Waals surface area contributed by atoms with Crippen LogP contribution in [0.15, 0.2) is 72.8 Å². The van der Waals surface area contributed by atoms with Gasteiger partial charge in [0.2, 0.25) is 21.8 Å². The number of sulfonamides is 1. The Labute approximate surface area is 252 Å². The van der Waals surface area contributed by atoms with Gasteiger partial charge in [-0.2, -0.15) is 0 Å². The molecular formula is C31H35Cl2N3O4S. The highest BCUT2D eigenvalue weighted by atomic mass is 35.5. The molecule has 7 nitrogen and oxygen atoms in total. The Kier molecular flexibility index (Phi) is 10.3. The van der Waals surface area contributed by atoms with Gasteiger partial charge in [-0.05, 0) is 60.7 Å². The van der Waals surface area contributed by atoms with Crippen molar-refractivity contribution in [1.29, 1.82) is 0 Å². The molecule has 1 atom stereocenters. The van der Waals surface area contributed by atoms with E-state index in [9.17, 15) is 18.0 Å². The molecule has 1 fully saturated rings. The molecule has 1 unspecified atom stereocenters. The number of hydrogen-bond acceptors (Lipinski definition) is 4. The van der Waals surface area contributed by atoms with E-state index in [0.717, 1.165) is 47.4 Å². The first-order valence-electron chi connectivity index (χ1n) is 13.6. The van der Waals surface area contributed by atoms with Crippen LogP contribution in [0.25, 0.3) is 0 Å². The van der Waals surface area contributed by atoms with Crippen LogP contribution < -0.4 is 9.62 Å². The first-order chi connectivity index (χ1) is 19.5. The second kappa shape index (κ2) is 13.7. The molecule has 0 bridgehead atoms. The maximum Gasteiger partial charge on any atom is 0.244 e. The summed E-state index contributed by atoms with van der Waals surface area (Å²) in [5, 5.41) is 4.09. The summed E-state index contributed by atoms with van der Waals surface area (Å²) in [6.07, 6.45) is 5.20. The molecule has 1 saturated carbocycles. The fourth-order valence-electron chi connectivity index (χ4n) is 5.17. The Bertz CT molecular complexity index is 1460. The summed E-state index contributed by atoms with van der Waals surface area (Å²) in [6, 6.07) is 20.7. The molecule has 2 amide bonds. The first kappa shape index (κ1) is 30.9. The Morgan fingerprint density at radius 3 is 2.22 bits per heavy atom. The Hall–Kier alpha value is -3.07. The van der Waals surface area contributed by atoms with Crippen LogP contribution in [0.2, 0.25) is 10.0 Å². The average molecular weight is 617 g/mol. The molecule has 218 valence electrons. The van der Waals surface area contributed by atoms with E-state index in [4.69, 9.17) is 23.2 Å². The largest absolute Gasteiger partial charge is 0.352 e. The summed E-state index contributed by atoms with van der Waals surface area (Å²) in [4.78, 5) is 29.5. The summed E-state index contributed by atoms with van der Waals surface area (Å²) in [6.45, 7) is 1.31. The van der Waals surface area contributed by atoms with Crippen molar-refractivity contribution in [2.45, 2.75) is 57.7 Å². The van der Waals surface area contributed by atoms with Gasteiger partial charge in [-0.3, -0.25) is 13.9 Å². The number of amides is 2. The summed E-state index contributed by atoms with van der Waals surface area (Å²) >= 11 is 12.4. The molecule has 1 aliphatic rings. The third kappa shape index (κ3) is 8.24. The lowest BCUT2D eigenvalue weighted by molar-refractivity contribution is -0.140. The minimum Gasteiger partial charge on any atom is -0.352 e. The number of anilines is 1. The molecule has 0 spiro atoms. The molecule has 0 aromatic heterocycles. The van der Waals surface area contributed by atoms with E-state index in [1.807, 2.05) is 30.3 Å². The van der Waals surface area contributed by atoms with E-state index >= 15 is 0 Å². The van der Waals surface area contributed by atoms with Crippen LogP contribution in [0.5, 0.6) is 0 Å². The summed E-state index contributed by atoms with van der Waals surface area (Å²) in [5.74, 6) is -0.764. The van der Waals surface area contributed by atoms with Gasteiger partial charge < -0.3 is 10.2 Å². The molecule has 3 aromatic carbocycles. The van der Waals surface area contributed by atoms with Crippen molar-refractivity contribution < 1.29 is 18.0 Å². The van der Waals surface area contributed by atoms with Gasteiger partial charge in [-0.25, -0.2) is 8.42 Å². The molecular weight excluding hydrogens is 581 g/mol. The number of carbonyl (C=O) groups is 2. The van der Waals surface area contributed by atoms with Crippen molar-refractivity contribution in [3.8, 4) is 0 Å². The smallest absolute Gasteiger partial charge is 0.244 e. The molecule has 0 saturated heterocycles. The zero-order valence-electron chi connectivity index (χ0n) is 23.2. The van der Waals surface area contributed by atoms with E-state index in [0.29, 0.717) is 21.3 Å². The van der Waals surface area contributed by atoms with Crippen molar-refractivity contribution in [2.24, 2.45) is 0 Å². The van der Waals surface area contributed by atoms with Crippen LogP contribution in [-0.4, -0.2) is 50.0 Å². The van der Waals surface area contributed by atoms with Crippen molar-refractivity contribution >= 4 is 50.7 Å². The van der Waals surface area contributed by atoms with Gasteiger partial charge in [0, 0.05) is 29.1 Å². The zero-order valence-corrected chi connectivity index (χ0v) is 25.6. The van der Waals surface area contributed by atoms with E-state index in [1.54, 1.807) is 49.4 Å². The monoisotopic (exact) mass is 615 g/mol. The lowest BCUT2D eigenvalue weighted by Gasteiger charge is -2.34. The topological polar surface area (TPSA) is 86.8 Å². The van der Waals surface area contributed by atoms with Crippen LogP contribution in [0.3, 0.4) is 0 Å². The second-order valence-electron chi connectivity index (χ2n) is 10.5. The molecule has 0 heterocycles. The number of rotatable bonds is 11. The highest BCUT2D eigenvalue weighted by molar-refractivity contribution is 7.92.